The smallest absolute Gasteiger partial charge is 0.218 e. The third-order valence-corrected chi connectivity index (χ3v) is 2.60. The highest BCUT2D eigenvalue weighted by Crippen LogP contribution is 2.23. The predicted octanol–water partition coefficient (Wildman–Crippen LogP) is 1.39. The molecule has 1 saturated heterocycles. The first-order valence-electron chi connectivity index (χ1n) is 5.53. The standard InChI is InChI=1S/C11H17N3O2/c1-7-3-9(4-8(2)15-7)16-11-5-10(12)13-6-14-11/h5-9H,3-4H2,1-2H3,(H2,12,13,14). The van der Waals surface area contributed by atoms with Crippen LogP contribution in [0.3, 0.4) is 0 Å². The molecule has 0 spiro atoms. The summed E-state index contributed by atoms with van der Waals surface area (Å²) >= 11 is 0. The topological polar surface area (TPSA) is 70.3 Å². The molecule has 0 radical (unpaired) electrons. The number of rotatable bonds is 2. The van der Waals surface area contributed by atoms with Gasteiger partial charge in [-0.2, -0.15) is 0 Å². The van der Waals surface area contributed by atoms with Gasteiger partial charge < -0.3 is 15.2 Å². The fourth-order valence-corrected chi connectivity index (χ4v) is 2.03. The molecule has 1 fully saturated rings. The quantitative estimate of drug-likeness (QED) is 0.820. The van der Waals surface area contributed by atoms with Crippen molar-refractivity contribution in [3.63, 3.8) is 0 Å². The van der Waals surface area contributed by atoms with E-state index in [1.807, 2.05) is 0 Å². The van der Waals surface area contributed by atoms with Crippen LogP contribution in [0.2, 0.25) is 0 Å². The number of ether oxygens (including phenoxy) is 2. The Hall–Kier alpha value is -1.36. The largest absolute Gasteiger partial charge is 0.474 e. The summed E-state index contributed by atoms with van der Waals surface area (Å²) in [6.07, 6.45) is 3.79. The Morgan fingerprint density at radius 2 is 2.00 bits per heavy atom. The maximum atomic E-state index is 5.77. The predicted molar refractivity (Wildman–Crippen MR) is 60.1 cm³/mol. The average Bonchev–Trinajstić information content (AvgIpc) is 2.15. The monoisotopic (exact) mass is 223 g/mol. The molecule has 0 aromatic carbocycles. The van der Waals surface area contributed by atoms with Crippen LogP contribution in [0.4, 0.5) is 5.82 Å². The first-order chi connectivity index (χ1) is 7.63. The van der Waals surface area contributed by atoms with Gasteiger partial charge in [0.1, 0.15) is 18.2 Å². The van der Waals surface area contributed by atoms with Crippen LogP contribution in [0.5, 0.6) is 5.88 Å². The van der Waals surface area contributed by atoms with Crippen molar-refractivity contribution in [2.24, 2.45) is 0 Å². The molecule has 1 aromatic heterocycles. The van der Waals surface area contributed by atoms with E-state index in [2.05, 4.69) is 23.8 Å². The van der Waals surface area contributed by atoms with Crippen molar-refractivity contribution < 1.29 is 9.47 Å². The van der Waals surface area contributed by atoms with E-state index in [1.165, 1.54) is 6.33 Å². The van der Waals surface area contributed by atoms with Crippen LogP contribution in [0.25, 0.3) is 0 Å². The van der Waals surface area contributed by atoms with E-state index < -0.39 is 0 Å². The zero-order valence-electron chi connectivity index (χ0n) is 9.59. The van der Waals surface area contributed by atoms with E-state index in [-0.39, 0.29) is 18.3 Å². The molecule has 16 heavy (non-hydrogen) atoms. The number of hydrogen-bond acceptors (Lipinski definition) is 5. The lowest BCUT2D eigenvalue weighted by Crippen LogP contribution is -2.35. The van der Waals surface area contributed by atoms with Crippen molar-refractivity contribution in [1.29, 1.82) is 0 Å². The van der Waals surface area contributed by atoms with Gasteiger partial charge in [0.05, 0.1) is 12.2 Å². The van der Waals surface area contributed by atoms with Gasteiger partial charge in [-0.05, 0) is 13.8 Å². The molecule has 0 amide bonds. The molecule has 1 aromatic rings. The van der Waals surface area contributed by atoms with Crippen LogP contribution in [-0.4, -0.2) is 28.3 Å². The molecule has 88 valence electrons. The number of hydrogen-bond donors (Lipinski definition) is 1. The summed E-state index contributed by atoms with van der Waals surface area (Å²) in [6.45, 7) is 4.11. The van der Waals surface area contributed by atoms with Gasteiger partial charge >= 0.3 is 0 Å². The minimum atomic E-state index is 0.146. The molecule has 0 saturated carbocycles. The van der Waals surface area contributed by atoms with Gasteiger partial charge in [0.25, 0.3) is 0 Å². The van der Waals surface area contributed by atoms with E-state index in [9.17, 15) is 0 Å². The molecule has 5 nitrogen and oxygen atoms in total. The van der Waals surface area contributed by atoms with Crippen LogP contribution in [-0.2, 0) is 4.74 Å². The molecule has 0 bridgehead atoms. The number of aromatic nitrogens is 2. The molecule has 1 aliphatic heterocycles. The fraction of sp³-hybridized carbons (Fsp3) is 0.636. The lowest BCUT2D eigenvalue weighted by molar-refractivity contribution is -0.0729. The summed E-state index contributed by atoms with van der Waals surface area (Å²) in [4.78, 5) is 7.85. The molecule has 0 aliphatic carbocycles. The Labute approximate surface area is 95.0 Å². The van der Waals surface area contributed by atoms with Crippen LogP contribution < -0.4 is 10.5 Å². The molecule has 2 heterocycles. The Kier molecular flexibility index (Phi) is 3.24. The van der Waals surface area contributed by atoms with Crippen LogP contribution in [0.1, 0.15) is 26.7 Å². The summed E-state index contributed by atoms with van der Waals surface area (Å²) in [5.41, 5.74) is 5.56. The van der Waals surface area contributed by atoms with Crippen LogP contribution in [0, 0.1) is 0 Å². The van der Waals surface area contributed by atoms with Crippen LogP contribution >= 0.6 is 0 Å². The summed E-state index contributed by atoms with van der Waals surface area (Å²) in [7, 11) is 0. The van der Waals surface area contributed by atoms with Crippen molar-refractivity contribution >= 4 is 5.82 Å². The minimum Gasteiger partial charge on any atom is -0.474 e. The van der Waals surface area contributed by atoms with E-state index in [0.29, 0.717) is 11.7 Å². The molecule has 2 N–H and O–H groups in total. The zero-order valence-corrected chi connectivity index (χ0v) is 9.59. The number of nitrogen functional groups attached to an aromatic ring is 1. The van der Waals surface area contributed by atoms with Crippen molar-refractivity contribution in [3.8, 4) is 5.88 Å². The molecule has 1 aliphatic rings. The van der Waals surface area contributed by atoms with Crippen molar-refractivity contribution in [2.75, 3.05) is 5.73 Å². The highest BCUT2D eigenvalue weighted by atomic mass is 16.5. The Balaban J connectivity index is 1.98. The molecular weight excluding hydrogens is 206 g/mol. The molecule has 5 heteroatoms. The lowest BCUT2D eigenvalue weighted by atomic mass is 10.0. The van der Waals surface area contributed by atoms with Crippen LogP contribution in [0.15, 0.2) is 12.4 Å². The normalized spacial score (nSPS) is 30.0. The van der Waals surface area contributed by atoms with Gasteiger partial charge in [-0.3, -0.25) is 0 Å². The maximum absolute atomic E-state index is 5.77. The molecule has 2 rings (SSSR count). The Bertz CT molecular complexity index is 349. The third-order valence-electron chi connectivity index (χ3n) is 2.60. The number of nitrogens with zero attached hydrogens (tertiary/aromatic N) is 2. The minimum absolute atomic E-state index is 0.146. The van der Waals surface area contributed by atoms with Gasteiger partial charge in [-0.25, -0.2) is 9.97 Å². The highest BCUT2D eigenvalue weighted by Gasteiger charge is 2.26. The average molecular weight is 223 g/mol. The first kappa shape index (κ1) is 11.1. The number of nitrogens with two attached hydrogens (primary N) is 1. The Morgan fingerprint density at radius 1 is 1.31 bits per heavy atom. The Morgan fingerprint density at radius 3 is 2.62 bits per heavy atom. The van der Waals surface area contributed by atoms with Gasteiger partial charge in [0.2, 0.25) is 5.88 Å². The molecule has 2 atom stereocenters. The third kappa shape index (κ3) is 2.82. The second kappa shape index (κ2) is 4.65. The van der Waals surface area contributed by atoms with Crippen molar-refractivity contribution in [1.82, 2.24) is 9.97 Å². The SMILES string of the molecule is CC1CC(Oc2cc(N)ncn2)CC(C)O1. The van der Waals surface area contributed by atoms with Crippen molar-refractivity contribution in [3.05, 3.63) is 12.4 Å². The fourth-order valence-electron chi connectivity index (χ4n) is 2.03. The van der Waals surface area contributed by atoms with E-state index in [4.69, 9.17) is 15.2 Å². The van der Waals surface area contributed by atoms with E-state index in [0.717, 1.165) is 12.8 Å². The van der Waals surface area contributed by atoms with Gasteiger partial charge in [0, 0.05) is 18.9 Å². The lowest BCUT2D eigenvalue weighted by Gasteiger charge is -2.31. The summed E-state index contributed by atoms with van der Waals surface area (Å²) < 4.78 is 11.4. The van der Waals surface area contributed by atoms with E-state index in [1.54, 1.807) is 6.07 Å². The summed E-state index contributed by atoms with van der Waals surface area (Å²) in [5, 5.41) is 0. The second-order valence-electron chi connectivity index (χ2n) is 4.25. The summed E-state index contributed by atoms with van der Waals surface area (Å²) in [6, 6.07) is 1.64. The molecular formula is C11H17N3O2. The maximum Gasteiger partial charge on any atom is 0.218 e. The van der Waals surface area contributed by atoms with Gasteiger partial charge in [0.15, 0.2) is 0 Å². The number of anilines is 1. The molecule has 2 unspecified atom stereocenters. The first-order valence-corrected chi connectivity index (χ1v) is 5.53. The van der Waals surface area contributed by atoms with Gasteiger partial charge in [-0.15, -0.1) is 0 Å². The second-order valence-corrected chi connectivity index (χ2v) is 4.25. The zero-order chi connectivity index (χ0) is 11.5. The van der Waals surface area contributed by atoms with E-state index >= 15 is 0 Å². The van der Waals surface area contributed by atoms with Gasteiger partial charge in [-0.1, -0.05) is 0 Å². The highest BCUT2D eigenvalue weighted by molar-refractivity contribution is 5.30. The van der Waals surface area contributed by atoms with Crippen molar-refractivity contribution in [2.45, 2.75) is 45.0 Å². The summed E-state index contributed by atoms with van der Waals surface area (Å²) in [5.74, 6) is 0.969.